The predicted molar refractivity (Wildman–Crippen MR) is 320 cm³/mol. The van der Waals surface area contributed by atoms with E-state index in [4.69, 9.17) is 19.4 Å². The molecule has 14 aromatic rings. The first kappa shape index (κ1) is 43.5. The lowest BCUT2D eigenvalue weighted by Gasteiger charge is -2.14. The molecule has 5 heterocycles. The zero-order valence-corrected chi connectivity index (χ0v) is 42.5. The van der Waals surface area contributed by atoms with E-state index in [9.17, 15) is 0 Å². The Balaban J connectivity index is 0.862. The lowest BCUT2D eigenvalue weighted by molar-refractivity contribution is 0.669. The minimum absolute atomic E-state index is 0.548. The summed E-state index contributed by atoms with van der Waals surface area (Å²) in [5, 5.41) is 9.26. The number of fused-ring (bicyclic) bond motifs is 13. The van der Waals surface area contributed by atoms with Crippen molar-refractivity contribution < 1.29 is 4.42 Å². The van der Waals surface area contributed by atoms with Crippen molar-refractivity contribution in [3.05, 3.63) is 247 Å². The number of allylic oxidation sites excluding steroid dienone is 8. The molecule has 0 amide bonds. The van der Waals surface area contributed by atoms with Crippen molar-refractivity contribution >= 4 is 108 Å². The van der Waals surface area contributed by atoms with Gasteiger partial charge in [0.2, 0.25) is 5.95 Å². The largest absolute Gasteiger partial charge is 0.456 e. The molecule has 7 heteroatoms. The van der Waals surface area contributed by atoms with Crippen LogP contribution in [0.2, 0.25) is 0 Å². The average molecular weight is 1000 g/mol. The number of hydrogen-bond donors (Lipinski definition) is 0. The molecule has 0 fully saturated rings. The molecule has 9 aromatic carbocycles. The van der Waals surface area contributed by atoms with E-state index < -0.39 is 0 Å². The van der Waals surface area contributed by atoms with E-state index in [2.05, 4.69) is 203 Å². The van der Waals surface area contributed by atoms with Crippen molar-refractivity contribution in [2.24, 2.45) is 5.92 Å². The van der Waals surface area contributed by atoms with E-state index >= 15 is 0 Å². The lowest BCUT2D eigenvalue weighted by Crippen LogP contribution is -2.08. The highest BCUT2D eigenvalue weighted by molar-refractivity contribution is 7.26. The van der Waals surface area contributed by atoms with Gasteiger partial charge in [0.05, 0.1) is 26.8 Å². The van der Waals surface area contributed by atoms with Crippen LogP contribution in [0, 0.1) is 5.92 Å². The van der Waals surface area contributed by atoms with Gasteiger partial charge in [0.15, 0.2) is 11.6 Å². The zero-order chi connectivity index (χ0) is 50.7. The van der Waals surface area contributed by atoms with Gasteiger partial charge in [-0.05, 0) is 131 Å². The van der Waals surface area contributed by atoms with Gasteiger partial charge in [0.25, 0.3) is 0 Å². The molecule has 2 aliphatic carbocycles. The second-order valence-electron chi connectivity index (χ2n) is 20.2. The van der Waals surface area contributed by atoms with Crippen LogP contribution in [-0.4, -0.2) is 24.1 Å². The summed E-state index contributed by atoms with van der Waals surface area (Å²) in [6.07, 6.45) is 13.7. The van der Waals surface area contributed by atoms with Crippen LogP contribution in [0.4, 0.5) is 0 Å². The first-order valence-electron chi connectivity index (χ1n) is 26.1. The summed E-state index contributed by atoms with van der Waals surface area (Å²) >= 11 is 1.81. The summed E-state index contributed by atoms with van der Waals surface area (Å²) in [5.41, 5.74) is 22.2. The third kappa shape index (κ3) is 6.93. The van der Waals surface area contributed by atoms with Crippen molar-refractivity contribution in [3.63, 3.8) is 0 Å². The van der Waals surface area contributed by atoms with Crippen molar-refractivity contribution in [2.45, 2.75) is 13.3 Å². The first-order chi connectivity index (χ1) is 38.1. The number of rotatable bonds is 7. The maximum Gasteiger partial charge on any atom is 0.238 e. The lowest BCUT2D eigenvalue weighted by atomic mass is 9.94. The molecule has 2 aliphatic rings. The molecular weight excluding hydrogens is 959 g/mol. The summed E-state index contributed by atoms with van der Waals surface area (Å²) in [6.45, 7) is 2.27. The fourth-order valence-corrected chi connectivity index (χ4v) is 13.1. The van der Waals surface area contributed by atoms with Crippen LogP contribution in [0.3, 0.4) is 0 Å². The highest BCUT2D eigenvalue weighted by atomic mass is 32.1. The Labute approximate surface area is 446 Å². The van der Waals surface area contributed by atoms with Crippen LogP contribution in [0.5, 0.6) is 0 Å². The van der Waals surface area contributed by atoms with Crippen LogP contribution in [0.25, 0.3) is 142 Å². The summed E-state index contributed by atoms with van der Waals surface area (Å²) < 4.78 is 13.8. The number of aromatic nitrogens is 5. The number of para-hydroxylation sites is 1. The standard InChI is InChI=1S/C70H43N5OS/c1-42-26-28-43(29-27-42)46-18-12-19-50(38-46)74-59-23-10-8-20-52(59)56-39-47(30-35-60(56)74)48-32-37-62-58(40-48)65-51(22-13-24-63(65)76-62)49-31-36-61-57(41-49)54-33-34-55-53-21-9-11-25-64(53)77-67(55)66(54)75(61)70-72-68(44-14-4-2-5-15-44)71-69(73-70)45-16-6-3-7-17-45/h2,4-6,8-26,28-42H,27H2,1H3. The molecule has 5 aromatic heterocycles. The van der Waals surface area contributed by atoms with Crippen LogP contribution in [0.15, 0.2) is 240 Å². The summed E-state index contributed by atoms with van der Waals surface area (Å²) in [6, 6.07) is 67.9. The zero-order valence-electron chi connectivity index (χ0n) is 41.7. The molecule has 0 radical (unpaired) electrons. The van der Waals surface area contributed by atoms with Gasteiger partial charge in [-0.2, -0.15) is 9.97 Å². The Morgan fingerprint density at radius 1 is 0.519 bits per heavy atom. The maximum atomic E-state index is 6.70. The summed E-state index contributed by atoms with van der Waals surface area (Å²) in [7, 11) is 0. The number of nitrogens with zero attached hydrogens (tertiary/aromatic N) is 5. The van der Waals surface area contributed by atoms with Crippen molar-refractivity contribution in [2.75, 3.05) is 0 Å². The van der Waals surface area contributed by atoms with E-state index in [-0.39, 0.29) is 0 Å². The Hall–Kier alpha value is -9.87. The molecule has 0 saturated heterocycles. The number of hydrogen-bond acceptors (Lipinski definition) is 5. The molecule has 0 spiro atoms. The second-order valence-corrected chi connectivity index (χ2v) is 21.3. The van der Waals surface area contributed by atoms with Crippen LogP contribution in [-0.2, 0) is 0 Å². The fraction of sp³-hybridized carbons (Fsp3) is 0.0429. The smallest absolute Gasteiger partial charge is 0.238 e. The van der Waals surface area contributed by atoms with Gasteiger partial charge in [-0.25, -0.2) is 4.98 Å². The quantitative estimate of drug-likeness (QED) is 0.149. The van der Waals surface area contributed by atoms with Gasteiger partial charge in [-0.3, -0.25) is 4.57 Å². The van der Waals surface area contributed by atoms with E-state index in [1.165, 1.54) is 53.1 Å². The number of thiophene rings is 1. The molecule has 1 unspecified atom stereocenters. The molecule has 1 atom stereocenters. The van der Waals surface area contributed by atoms with Crippen LogP contribution < -0.4 is 0 Å². The Morgan fingerprint density at radius 2 is 1.25 bits per heavy atom. The summed E-state index contributed by atoms with van der Waals surface area (Å²) in [4.78, 5) is 15.6. The molecule has 0 N–H and O–H groups in total. The summed E-state index contributed by atoms with van der Waals surface area (Å²) in [5.74, 6) is 2.28. The maximum absolute atomic E-state index is 6.70. The predicted octanol–water partition coefficient (Wildman–Crippen LogP) is 18.6. The normalized spacial score (nSPS) is 14.4. The molecule has 0 bridgehead atoms. The van der Waals surface area contributed by atoms with Gasteiger partial charge >= 0.3 is 0 Å². The van der Waals surface area contributed by atoms with Gasteiger partial charge < -0.3 is 8.98 Å². The second kappa shape index (κ2) is 17.1. The molecule has 77 heavy (non-hydrogen) atoms. The molecule has 16 rings (SSSR count). The topological polar surface area (TPSA) is 61.7 Å². The first-order valence-corrected chi connectivity index (χ1v) is 26.9. The third-order valence-electron chi connectivity index (χ3n) is 15.6. The van der Waals surface area contributed by atoms with E-state index in [0.717, 1.165) is 89.2 Å². The van der Waals surface area contributed by atoms with Gasteiger partial charge in [0, 0.05) is 64.6 Å². The SMILES string of the molecule is CC1C=CC(c2cccc(-n3c4ccccc4c4cc(-c5ccc6oc7cccc(-c8ccc9c(c8)c8ccc%10c%11ccccc%11sc%10c8n9-c8nc(C9=CC=C=C=C9)nc(-c9ccccc9)n8)c7c6c5)ccc43)c2)=CC1. The van der Waals surface area contributed by atoms with Gasteiger partial charge in [-0.15, -0.1) is 11.3 Å². The number of benzene rings is 9. The number of furan rings is 1. The van der Waals surface area contributed by atoms with Crippen LogP contribution >= 0.6 is 11.3 Å². The Kier molecular flexibility index (Phi) is 9.66. The molecular formula is C70H43N5OS. The van der Waals surface area contributed by atoms with E-state index in [0.29, 0.717) is 23.5 Å². The average Bonchev–Trinajstić information content (AvgIpc) is 4.32. The van der Waals surface area contributed by atoms with Crippen molar-refractivity contribution in [1.29, 1.82) is 0 Å². The Morgan fingerprint density at radius 3 is 2.12 bits per heavy atom. The molecule has 0 saturated carbocycles. The minimum atomic E-state index is 0.548. The molecule has 360 valence electrons. The van der Waals surface area contributed by atoms with E-state index in [1.807, 2.05) is 59.9 Å². The van der Waals surface area contributed by atoms with Gasteiger partial charge in [0.1, 0.15) is 11.2 Å². The highest BCUT2D eigenvalue weighted by Gasteiger charge is 2.24. The van der Waals surface area contributed by atoms with Crippen molar-refractivity contribution in [1.82, 2.24) is 24.1 Å². The fourth-order valence-electron chi connectivity index (χ4n) is 11.9. The van der Waals surface area contributed by atoms with Crippen LogP contribution in [0.1, 0.15) is 24.7 Å². The third-order valence-corrected chi connectivity index (χ3v) is 16.8. The Bertz CT molecular complexity index is 5060. The molecule has 0 aliphatic heterocycles. The minimum Gasteiger partial charge on any atom is -0.456 e. The van der Waals surface area contributed by atoms with Gasteiger partial charge in [-0.1, -0.05) is 158 Å². The van der Waals surface area contributed by atoms with Crippen molar-refractivity contribution in [3.8, 4) is 45.3 Å². The van der Waals surface area contributed by atoms with E-state index in [1.54, 1.807) is 0 Å². The molecule has 6 nitrogen and oxygen atoms in total. The monoisotopic (exact) mass is 1000 g/mol. The highest BCUT2D eigenvalue weighted by Crippen LogP contribution is 2.46.